The summed E-state index contributed by atoms with van der Waals surface area (Å²) in [5, 5.41) is 10.4. The van der Waals surface area contributed by atoms with Crippen LogP contribution in [-0.2, 0) is 21.2 Å². The topological polar surface area (TPSA) is 101 Å². The maximum atomic E-state index is 12.5. The number of methoxy groups -OCH3 is 1. The highest BCUT2D eigenvalue weighted by Gasteiger charge is 2.27. The SMILES string of the molecule is COCCS(=O)(=O)N[C@@H]1CCCc2c(-c3cnc(-c4ccc(OC(C)C)c(C#N)c4)s3)cccc21. The van der Waals surface area contributed by atoms with E-state index < -0.39 is 10.0 Å². The quantitative estimate of drug-likeness (QED) is 0.430. The number of thiazole rings is 1. The van der Waals surface area contributed by atoms with Gasteiger partial charge >= 0.3 is 0 Å². The molecule has 184 valence electrons. The first-order valence-corrected chi connectivity index (χ1v) is 14.1. The van der Waals surface area contributed by atoms with Gasteiger partial charge in [-0.05, 0) is 68.0 Å². The number of hydrogen-bond acceptors (Lipinski definition) is 7. The van der Waals surface area contributed by atoms with Gasteiger partial charge in [0.15, 0.2) is 0 Å². The zero-order chi connectivity index (χ0) is 25.0. The second-order valence-corrected chi connectivity index (χ2v) is 11.7. The van der Waals surface area contributed by atoms with E-state index in [1.165, 1.54) is 7.11 Å². The van der Waals surface area contributed by atoms with E-state index in [-0.39, 0.29) is 24.5 Å². The van der Waals surface area contributed by atoms with E-state index in [2.05, 4.69) is 21.8 Å². The number of nitrogens with one attached hydrogen (secondary N) is 1. The summed E-state index contributed by atoms with van der Waals surface area (Å²) >= 11 is 1.56. The minimum atomic E-state index is -3.43. The van der Waals surface area contributed by atoms with Crippen LogP contribution in [0.2, 0.25) is 0 Å². The van der Waals surface area contributed by atoms with Crippen LogP contribution in [0.4, 0.5) is 0 Å². The van der Waals surface area contributed by atoms with Gasteiger partial charge in [0.25, 0.3) is 0 Å². The van der Waals surface area contributed by atoms with Gasteiger partial charge in [0.1, 0.15) is 16.8 Å². The van der Waals surface area contributed by atoms with Crippen molar-refractivity contribution in [3.05, 3.63) is 59.3 Å². The Balaban J connectivity index is 1.63. The van der Waals surface area contributed by atoms with Crippen LogP contribution in [0.3, 0.4) is 0 Å². The van der Waals surface area contributed by atoms with E-state index in [9.17, 15) is 13.7 Å². The Kier molecular flexibility index (Phi) is 7.87. The van der Waals surface area contributed by atoms with Gasteiger partial charge in [-0.2, -0.15) is 5.26 Å². The highest BCUT2D eigenvalue weighted by Crippen LogP contribution is 2.40. The molecule has 1 aromatic heterocycles. The van der Waals surface area contributed by atoms with Crippen LogP contribution >= 0.6 is 11.3 Å². The average molecular weight is 512 g/mol. The molecule has 1 aliphatic carbocycles. The molecule has 1 N–H and O–H groups in total. The fourth-order valence-corrected chi connectivity index (χ4v) is 6.46. The smallest absolute Gasteiger partial charge is 0.214 e. The van der Waals surface area contributed by atoms with Crippen molar-refractivity contribution in [3.8, 4) is 32.8 Å². The van der Waals surface area contributed by atoms with Gasteiger partial charge in [0, 0.05) is 24.9 Å². The van der Waals surface area contributed by atoms with E-state index in [1.54, 1.807) is 11.3 Å². The first-order valence-electron chi connectivity index (χ1n) is 11.6. The van der Waals surface area contributed by atoms with E-state index in [0.717, 1.165) is 51.4 Å². The molecular formula is C26H29N3O4S2. The third-order valence-corrected chi connectivity index (χ3v) is 8.29. The number of rotatable bonds is 9. The Hall–Kier alpha value is -2.77. The van der Waals surface area contributed by atoms with Crippen LogP contribution in [0.1, 0.15) is 49.4 Å². The second-order valence-electron chi connectivity index (χ2n) is 8.77. The number of sulfonamides is 1. The van der Waals surface area contributed by atoms with Crippen LogP contribution in [0.15, 0.2) is 42.6 Å². The van der Waals surface area contributed by atoms with E-state index >= 15 is 0 Å². The Morgan fingerprint density at radius 2 is 2.11 bits per heavy atom. The number of hydrogen-bond donors (Lipinski definition) is 1. The summed E-state index contributed by atoms with van der Waals surface area (Å²) in [5.41, 5.74) is 4.60. The van der Waals surface area contributed by atoms with Crippen molar-refractivity contribution in [2.75, 3.05) is 19.5 Å². The molecule has 1 aliphatic rings. The van der Waals surface area contributed by atoms with Crippen LogP contribution < -0.4 is 9.46 Å². The largest absolute Gasteiger partial charge is 0.490 e. The van der Waals surface area contributed by atoms with Crippen molar-refractivity contribution in [1.82, 2.24) is 9.71 Å². The predicted molar refractivity (Wildman–Crippen MR) is 138 cm³/mol. The summed E-state index contributed by atoms with van der Waals surface area (Å²) in [6, 6.07) is 13.6. The number of nitriles is 1. The summed E-state index contributed by atoms with van der Waals surface area (Å²) < 4.78 is 38.5. The van der Waals surface area contributed by atoms with E-state index in [4.69, 9.17) is 9.47 Å². The van der Waals surface area contributed by atoms with Crippen LogP contribution in [0, 0.1) is 11.3 Å². The Morgan fingerprint density at radius 3 is 2.86 bits per heavy atom. The summed E-state index contributed by atoms with van der Waals surface area (Å²) in [7, 11) is -1.94. The summed E-state index contributed by atoms with van der Waals surface area (Å²) in [4.78, 5) is 5.65. The molecule has 4 rings (SSSR count). The number of benzene rings is 2. The molecule has 0 fully saturated rings. The monoisotopic (exact) mass is 511 g/mol. The summed E-state index contributed by atoms with van der Waals surface area (Å²) in [6.07, 6.45) is 4.38. The summed E-state index contributed by atoms with van der Waals surface area (Å²) in [6.45, 7) is 4.02. The Bertz CT molecular complexity index is 1340. The van der Waals surface area contributed by atoms with Crippen molar-refractivity contribution in [1.29, 1.82) is 5.26 Å². The fourth-order valence-electron chi connectivity index (χ4n) is 4.31. The molecule has 1 atom stereocenters. The van der Waals surface area contributed by atoms with Gasteiger partial charge in [-0.1, -0.05) is 18.2 Å². The first kappa shape index (κ1) is 25.3. The van der Waals surface area contributed by atoms with Gasteiger partial charge < -0.3 is 9.47 Å². The van der Waals surface area contributed by atoms with Crippen LogP contribution in [0.25, 0.3) is 21.0 Å². The third kappa shape index (κ3) is 5.90. The molecule has 3 aromatic rings. The number of ether oxygens (including phenoxy) is 2. The van der Waals surface area contributed by atoms with Crippen molar-refractivity contribution in [2.24, 2.45) is 0 Å². The van der Waals surface area contributed by atoms with Crippen molar-refractivity contribution < 1.29 is 17.9 Å². The molecule has 0 saturated carbocycles. The predicted octanol–water partition coefficient (Wildman–Crippen LogP) is 5.08. The molecule has 0 bridgehead atoms. The standard InChI is InChI=1S/C26H29N3O4S2/c1-17(2)33-24-11-10-18(14-19(24)15-27)26-28-16-25(34-26)22-8-4-7-21-20(22)6-5-9-23(21)29-35(30,31)13-12-32-3/h4,7-8,10-11,14,16-17,23,29H,5-6,9,12-13H2,1-3H3/t23-/m1/s1. The molecule has 0 aliphatic heterocycles. The van der Waals surface area contributed by atoms with Crippen LogP contribution in [-0.4, -0.2) is 39.0 Å². The highest BCUT2D eigenvalue weighted by atomic mass is 32.2. The van der Waals surface area contributed by atoms with Gasteiger partial charge in [0.2, 0.25) is 10.0 Å². The molecule has 0 amide bonds. The minimum Gasteiger partial charge on any atom is -0.490 e. The first-order chi connectivity index (χ1) is 16.8. The fraction of sp³-hybridized carbons (Fsp3) is 0.385. The number of aromatic nitrogens is 1. The minimum absolute atomic E-state index is 0.0167. The number of nitrogens with zero attached hydrogens (tertiary/aromatic N) is 2. The van der Waals surface area contributed by atoms with Crippen LogP contribution in [0.5, 0.6) is 5.75 Å². The molecule has 0 spiro atoms. The lowest BCUT2D eigenvalue weighted by Gasteiger charge is -2.27. The maximum Gasteiger partial charge on any atom is 0.214 e. The molecule has 0 saturated heterocycles. The zero-order valence-electron chi connectivity index (χ0n) is 20.1. The lowest BCUT2D eigenvalue weighted by Crippen LogP contribution is -2.34. The van der Waals surface area contributed by atoms with Crippen molar-refractivity contribution in [2.45, 2.75) is 45.3 Å². The molecule has 0 radical (unpaired) electrons. The lowest BCUT2D eigenvalue weighted by molar-refractivity contribution is 0.216. The van der Waals surface area contributed by atoms with Crippen molar-refractivity contribution in [3.63, 3.8) is 0 Å². The lowest BCUT2D eigenvalue weighted by atomic mass is 9.85. The van der Waals surface area contributed by atoms with Gasteiger partial charge in [-0.25, -0.2) is 18.1 Å². The molecule has 35 heavy (non-hydrogen) atoms. The molecule has 2 aromatic carbocycles. The molecular weight excluding hydrogens is 482 g/mol. The van der Waals surface area contributed by atoms with E-state index in [1.807, 2.05) is 50.4 Å². The number of fused-ring (bicyclic) bond motifs is 1. The summed E-state index contributed by atoms with van der Waals surface area (Å²) in [5.74, 6) is 0.512. The van der Waals surface area contributed by atoms with Gasteiger partial charge in [0.05, 0.1) is 28.9 Å². The molecule has 9 heteroatoms. The normalized spacial score (nSPS) is 15.6. The molecule has 7 nitrogen and oxygen atoms in total. The molecule has 1 heterocycles. The third-order valence-electron chi connectivity index (χ3n) is 5.87. The second kappa shape index (κ2) is 10.9. The van der Waals surface area contributed by atoms with Crippen molar-refractivity contribution >= 4 is 21.4 Å². The molecule has 0 unspecified atom stereocenters. The van der Waals surface area contributed by atoms with Gasteiger partial charge in [-0.15, -0.1) is 11.3 Å². The zero-order valence-corrected chi connectivity index (χ0v) is 21.7. The Labute approximate surface area is 210 Å². The van der Waals surface area contributed by atoms with Gasteiger partial charge in [-0.3, -0.25) is 0 Å². The van der Waals surface area contributed by atoms with E-state index in [0.29, 0.717) is 11.3 Å². The maximum absolute atomic E-state index is 12.5. The average Bonchev–Trinajstić information content (AvgIpc) is 3.32. The Morgan fingerprint density at radius 1 is 1.29 bits per heavy atom. The highest BCUT2D eigenvalue weighted by molar-refractivity contribution is 7.89.